The molecule has 0 amide bonds. The van der Waals surface area contributed by atoms with Gasteiger partial charge in [0.05, 0.1) is 4.92 Å². The van der Waals surface area contributed by atoms with Crippen molar-refractivity contribution in [2.24, 2.45) is 4.99 Å². The van der Waals surface area contributed by atoms with Gasteiger partial charge in [-0.3, -0.25) is 15.1 Å². The van der Waals surface area contributed by atoms with E-state index in [0.29, 0.717) is 11.6 Å². The number of hydrogen-bond acceptors (Lipinski definition) is 5. The van der Waals surface area contributed by atoms with Crippen molar-refractivity contribution in [1.82, 2.24) is 0 Å². The lowest BCUT2D eigenvalue weighted by Gasteiger charge is -2.10. The molecule has 0 aromatic heterocycles. The van der Waals surface area contributed by atoms with Crippen molar-refractivity contribution >= 4 is 17.6 Å². The van der Waals surface area contributed by atoms with Crippen molar-refractivity contribution in [1.29, 1.82) is 0 Å². The normalized spacial score (nSPS) is 12.4. The fourth-order valence-electron chi connectivity index (χ4n) is 2.13. The Morgan fingerprint density at radius 3 is 2.70 bits per heavy atom. The molecule has 0 saturated heterocycles. The maximum absolute atomic E-state index is 10.8. The fraction of sp³-hybridized carbons (Fsp3) is 0.235. The Labute approximate surface area is 133 Å². The largest absolute Gasteiger partial charge is 0.506 e. The molecule has 1 atom stereocenters. The molecule has 2 aromatic rings. The van der Waals surface area contributed by atoms with Crippen molar-refractivity contribution in [3.05, 3.63) is 57.6 Å². The Kier molecular flexibility index (Phi) is 4.95. The topological polar surface area (TPSA) is 96.0 Å². The van der Waals surface area contributed by atoms with Crippen LogP contribution in [-0.4, -0.2) is 21.4 Å². The summed E-state index contributed by atoms with van der Waals surface area (Å²) in [5, 5.41) is 30.6. The summed E-state index contributed by atoms with van der Waals surface area (Å²) in [6.07, 6.45) is 2.26. The van der Waals surface area contributed by atoms with Crippen LogP contribution in [0, 0.1) is 10.1 Å². The SMILES string of the molecule is CC[C@H](C)c1ccc(O)c(N=Cc2cccc([N+](=O)[O-])c2O)c1. The summed E-state index contributed by atoms with van der Waals surface area (Å²) in [4.78, 5) is 14.3. The number of benzene rings is 2. The monoisotopic (exact) mass is 314 g/mol. The molecular formula is C17H18N2O4. The summed E-state index contributed by atoms with van der Waals surface area (Å²) < 4.78 is 0. The van der Waals surface area contributed by atoms with E-state index in [-0.39, 0.29) is 17.0 Å². The van der Waals surface area contributed by atoms with Crippen LogP contribution >= 0.6 is 0 Å². The van der Waals surface area contributed by atoms with Gasteiger partial charge >= 0.3 is 5.69 Å². The minimum Gasteiger partial charge on any atom is -0.506 e. The Bertz CT molecular complexity index is 756. The van der Waals surface area contributed by atoms with Crippen molar-refractivity contribution in [3.63, 3.8) is 0 Å². The van der Waals surface area contributed by atoms with Gasteiger partial charge in [0.2, 0.25) is 5.75 Å². The summed E-state index contributed by atoms with van der Waals surface area (Å²) in [7, 11) is 0. The van der Waals surface area contributed by atoms with Crippen molar-refractivity contribution in [2.45, 2.75) is 26.2 Å². The minimum atomic E-state index is -0.659. The second-order valence-electron chi connectivity index (χ2n) is 5.29. The van der Waals surface area contributed by atoms with Gasteiger partial charge in [-0.25, -0.2) is 0 Å². The van der Waals surface area contributed by atoms with Crippen LogP contribution in [-0.2, 0) is 0 Å². The summed E-state index contributed by atoms with van der Waals surface area (Å²) in [5.74, 6) is -0.104. The fourth-order valence-corrected chi connectivity index (χ4v) is 2.13. The van der Waals surface area contributed by atoms with E-state index >= 15 is 0 Å². The second-order valence-corrected chi connectivity index (χ2v) is 5.29. The standard InChI is InChI=1S/C17H18N2O4/c1-3-11(2)12-7-8-16(20)14(9-12)18-10-13-5-4-6-15(17(13)21)19(22)23/h4-11,20-21H,3H2,1-2H3/t11-/m0/s1. The smallest absolute Gasteiger partial charge is 0.311 e. The highest BCUT2D eigenvalue weighted by atomic mass is 16.6. The molecule has 6 heteroatoms. The maximum Gasteiger partial charge on any atom is 0.311 e. The van der Waals surface area contributed by atoms with E-state index < -0.39 is 10.7 Å². The Morgan fingerprint density at radius 2 is 2.04 bits per heavy atom. The number of aromatic hydroxyl groups is 2. The lowest BCUT2D eigenvalue weighted by Crippen LogP contribution is -1.92. The Morgan fingerprint density at radius 1 is 1.30 bits per heavy atom. The molecule has 0 spiro atoms. The highest BCUT2D eigenvalue weighted by molar-refractivity contribution is 5.87. The molecule has 0 saturated carbocycles. The zero-order chi connectivity index (χ0) is 17.0. The van der Waals surface area contributed by atoms with Crippen molar-refractivity contribution in [2.75, 3.05) is 0 Å². The van der Waals surface area contributed by atoms with Crippen LogP contribution in [0.25, 0.3) is 0 Å². The molecule has 0 aliphatic heterocycles. The van der Waals surface area contributed by atoms with Gasteiger partial charge in [-0.15, -0.1) is 0 Å². The van der Waals surface area contributed by atoms with Crippen LogP contribution in [0.5, 0.6) is 11.5 Å². The Balaban J connectivity index is 2.37. The van der Waals surface area contributed by atoms with Crippen LogP contribution in [0.1, 0.15) is 37.3 Å². The van der Waals surface area contributed by atoms with Crippen LogP contribution in [0.2, 0.25) is 0 Å². The lowest BCUT2D eigenvalue weighted by atomic mass is 9.98. The molecule has 2 rings (SSSR count). The highest BCUT2D eigenvalue weighted by Gasteiger charge is 2.15. The highest BCUT2D eigenvalue weighted by Crippen LogP contribution is 2.32. The lowest BCUT2D eigenvalue weighted by molar-refractivity contribution is -0.385. The number of nitrogens with zero attached hydrogens (tertiary/aromatic N) is 2. The molecule has 0 aliphatic rings. The third-order valence-electron chi connectivity index (χ3n) is 3.77. The third kappa shape index (κ3) is 3.66. The van der Waals surface area contributed by atoms with E-state index in [0.717, 1.165) is 12.0 Å². The van der Waals surface area contributed by atoms with Gasteiger partial charge in [-0.05, 0) is 36.1 Å². The first kappa shape index (κ1) is 16.5. The van der Waals surface area contributed by atoms with E-state index in [9.17, 15) is 20.3 Å². The molecule has 23 heavy (non-hydrogen) atoms. The number of nitro benzene ring substituents is 1. The van der Waals surface area contributed by atoms with E-state index in [4.69, 9.17) is 0 Å². The van der Waals surface area contributed by atoms with Crippen LogP contribution in [0.4, 0.5) is 11.4 Å². The van der Waals surface area contributed by atoms with Gasteiger partial charge in [0, 0.05) is 17.8 Å². The summed E-state index contributed by atoms with van der Waals surface area (Å²) >= 11 is 0. The molecule has 6 nitrogen and oxygen atoms in total. The molecule has 0 unspecified atom stereocenters. The molecule has 120 valence electrons. The molecule has 0 fully saturated rings. The number of hydrogen-bond donors (Lipinski definition) is 2. The maximum atomic E-state index is 10.8. The molecule has 2 aromatic carbocycles. The number of nitro groups is 1. The van der Waals surface area contributed by atoms with Gasteiger partial charge in [0.25, 0.3) is 0 Å². The van der Waals surface area contributed by atoms with E-state index in [1.54, 1.807) is 12.1 Å². The van der Waals surface area contributed by atoms with E-state index in [2.05, 4.69) is 18.8 Å². The van der Waals surface area contributed by atoms with E-state index in [1.807, 2.05) is 6.07 Å². The summed E-state index contributed by atoms with van der Waals surface area (Å²) in [5.41, 5.74) is 1.23. The molecular weight excluding hydrogens is 296 g/mol. The number of rotatable bonds is 5. The molecule has 0 heterocycles. The Hall–Kier alpha value is -2.89. The van der Waals surface area contributed by atoms with Gasteiger partial charge < -0.3 is 10.2 Å². The number of phenols is 2. The quantitative estimate of drug-likeness (QED) is 0.489. The number of para-hydroxylation sites is 1. The second kappa shape index (κ2) is 6.91. The number of aliphatic imine (C=N–C) groups is 1. The average Bonchev–Trinajstić information content (AvgIpc) is 2.54. The first-order chi connectivity index (χ1) is 10.9. The van der Waals surface area contributed by atoms with Crippen molar-refractivity contribution < 1.29 is 15.1 Å². The zero-order valence-electron chi connectivity index (χ0n) is 12.9. The molecule has 0 bridgehead atoms. The van der Waals surface area contributed by atoms with E-state index in [1.165, 1.54) is 24.4 Å². The first-order valence-corrected chi connectivity index (χ1v) is 7.27. The van der Waals surface area contributed by atoms with Crippen LogP contribution in [0.15, 0.2) is 41.4 Å². The van der Waals surface area contributed by atoms with Gasteiger partial charge in [0.15, 0.2) is 0 Å². The molecule has 2 N–H and O–H groups in total. The van der Waals surface area contributed by atoms with Gasteiger partial charge in [0.1, 0.15) is 11.4 Å². The summed E-state index contributed by atoms with van der Waals surface area (Å²) in [6, 6.07) is 9.38. The molecule has 0 aliphatic carbocycles. The molecule has 0 radical (unpaired) electrons. The third-order valence-corrected chi connectivity index (χ3v) is 3.77. The van der Waals surface area contributed by atoms with Gasteiger partial charge in [-0.2, -0.15) is 0 Å². The predicted octanol–water partition coefficient (Wildman–Crippen LogP) is 4.27. The predicted molar refractivity (Wildman–Crippen MR) is 88.8 cm³/mol. The zero-order valence-corrected chi connectivity index (χ0v) is 12.9. The average molecular weight is 314 g/mol. The van der Waals surface area contributed by atoms with Gasteiger partial charge in [-0.1, -0.05) is 26.0 Å². The summed E-state index contributed by atoms with van der Waals surface area (Å²) in [6.45, 7) is 4.15. The van der Waals surface area contributed by atoms with Crippen LogP contribution < -0.4 is 0 Å². The number of phenolic OH excluding ortho intramolecular Hbond substituents is 2. The van der Waals surface area contributed by atoms with Crippen LogP contribution in [0.3, 0.4) is 0 Å². The first-order valence-electron chi connectivity index (χ1n) is 7.27. The van der Waals surface area contributed by atoms with Crippen molar-refractivity contribution in [3.8, 4) is 11.5 Å². The minimum absolute atomic E-state index is 0.0122.